The number of aromatic amines is 1. The fourth-order valence-corrected chi connectivity index (χ4v) is 6.58. The van der Waals surface area contributed by atoms with E-state index in [9.17, 15) is 0 Å². The highest BCUT2D eigenvalue weighted by molar-refractivity contribution is 7.19. The molecule has 0 radical (unpaired) electrons. The molecule has 5 rings (SSSR count). The van der Waals surface area contributed by atoms with E-state index in [1.807, 2.05) is 12.4 Å². The van der Waals surface area contributed by atoms with Gasteiger partial charge in [0.2, 0.25) is 0 Å². The maximum absolute atomic E-state index is 6.16. The minimum absolute atomic E-state index is 0.105. The third-order valence-corrected chi connectivity index (χ3v) is 7.63. The molecule has 0 spiro atoms. The Hall–Kier alpha value is -2.38. The lowest BCUT2D eigenvalue weighted by molar-refractivity contribution is 0.161. The van der Waals surface area contributed by atoms with Crippen LogP contribution in [0.5, 0.6) is 5.75 Å². The van der Waals surface area contributed by atoms with Crippen LogP contribution >= 0.6 is 11.3 Å². The van der Waals surface area contributed by atoms with E-state index in [4.69, 9.17) is 9.72 Å². The smallest absolute Gasteiger partial charge is 0.186 e. The summed E-state index contributed by atoms with van der Waals surface area (Å²) in [6.07, 6.45) is 5.95. The number of anilines is 1. The first-order valence-corrected chi connectivity index (χ1v) is 11.7. The number of H-pyrrole nitrogens is 1. The Morgan fingerprint density at radius 3 is 2.55 bits per heavy atom. The van der Waals surface area contributed by atoms with Crippen LogP contribution in [-0.2, 0) is 6.61 Å². The number of hydrogen-bond donors (Lipinski definition) is 2. The van der Waals surface area contributed by atoms with Crippen LogP contribution in [0.15, 0.2) is 24.5 Å². The van der Waals surface area contributed by atoms with Crippen molar-refractivity contribution < 1.29 is 4.74 Å². The summed E-state index contributed by atoms with van der Waals surface area (Å²) in [4.78, 5) is 8.65. The maximum atomic E-state index is 6.16. The number of benzene rings is 1. The zero-order chi connectivity index (χ0) is 22.0. The second-order valence-corrected chi connectivity index (χ2v) is 11.3. The van der Waals surface area contributed by atoms with Gasteiger partial charge in [0.25, 0.3) is 0 Å². The van der Waals surface area contributed by atoms with Gasteiger partial charge < -0.3 is 15.0 Å². The van der Waals surface area contributed by atoms with Crippen molar-refractivity contribution in [1.82, 2.24) is 20.5 Å². The third-order valence-electron chi connectivity index (χ3n) is 6.43. The Bertz CT molecular complexity index is 1100. The van der Waals surface area contributed by atoms with Gasteiger partial charge in [0.15, 0.2) is 5.13 Å². The summed E-state index contributed by atoms with van der Waals surface area (Å²) >= 11 is 1.79. The molecule has 7 heteroatoms. The number of ether oxygens (including phenoxy) is 1. The summed E-state index contributed by atoms with van der Waals surface area (Å²) in [6.45, 7) is 11.9. The fraction of sp³-hybridized carbons (Fsp3) is 0.500. The number of fused-ring (bicyclic) bond motifs is 3. The topological polar surface area (TPSA) is 66.1 Å². The van der Waals surface area contributed by atoms with Crippen molar-refractivity contribution >= 4 is 16.5 Å². The quantitative estimate of drug-likeness (QED) is 0.593. The molecule has 1 fully saturated rings. The minimum Gasteiger partial charge on any atom is -0.487 e. The highest BCUT2D eigenvalue weighted by Crippen LogP contribution is 2.47. The zero-order valence-corrected chi connectivity index (χ0v) is 20.0. The van der Waals surface area contributed by atoms with Gasteiger partial charge in [-0.15, -0.1) is 0 Å². The molecule has 1 aromatic carbocycles. The molecule has 2 aliphatic rings. The fourth-order valence-electron chi connectivity index (χ4n) is 5.36. The molecule has 0 amide bonds. The highest BCUT2D eigenvalue weighted by Gasteiger charge is 2.40. The van der Waals surface area contributed by atoms with Crippen molar-refractivity contribution in [1.29, 1.82) is 0 Å². The van der Waals surface area contributed by atoms with Crippen LogP contribution in [0.1, 0.15) is 51.8 Å². The van der Waals surface area contributed by atoms with Gasteiger partial charge >= 0.3 is 0 Å². The van der Waals surface area contributed by atoms with Gasteiger partial charge in [-0.2, -0.15) is 5.10 Å². The van der Waals surface area contributed by atoms with Gasteiger partial charge in [-0.25, -0.2) is 4.98 Å². The van der Waals surface area contributed by atoms with Crippen LogP contribution in [0.2, 0.25) is 0 Å². The maximum Gasteiger partial charge on any atom is 0.186 e. The van der Waals surface area contributed by atoms with Crippen LogP contribution in [0, 0.1) is 6.92 Å². The van der Waals surface area contributed by atoms with E-state index in [2.05, 4.69) is 74.2 Å². The minimum atomic E-state index is 0.105. The summed E-state index contributed by atoms with van der Waals surface area (Å²) in [5.74, 6) is 0.936. The Labute approximate surface area is 188 Å². The van der Waals surface area contributed by atoms with E-state index in [-0.39, 0.29) is 11.1 Å². The lowest BCUT2D eigenvalue weighted by Crippen LogP contribution is -2.61. The number of nitrogens with one attached hydrogen (secondary N) is 2. The molecule has 0 unspecified atom stereocenters. The largest absolute Gasteiger partial charge is 0.487 e. The van der Waals surface area contributed by atoms with Gasteiger partial charge in [-0.3, -0.25) is 5.10 Å². The predicted octanol–water partition coefficient (Wildman–Crippen LogP) is 5.15. The number of aromatic nitrogens is 3. The van der Waals surface area contributed by atoms with Crippen molar-refractivity contribution in [2.75, 3.05) is 11.9 Å². The molecule has 3 aromatic rings. The van der Waals surface area contributed by atoms with Crippen LogP contribution in [0.3, 0.4) is 0 Å². The molecule has 0 saturated carbocycles. The molecule has 1 saturated heterocycles. The van der Waals surface area contributed by atoms with Crippen LogP contribution in [0.4, 0.5) is 5.13 Å². The van der Waals surface area contributed by atoms with Gasteiger partial charge in [-0.1, -0.05) is 17.4 Å². The first-order chi connectivity index (χ1) is 14.6. The first-order valence-electron chi connectivity index (χ1n) is 10.9. The molecule has 2 aliphatic heterocycles. The Kier molecular flexibility index (Phi) is 4.68. The standard InChI is InChI=1S/C24H31N5OS/c1-14-7-15(16-11-25-26-12-16)8-19-20(14)21-18(13-30-19)27-22(31-21)29(6)17-9-23(2,3)28-24(4,5)10-17/h7-8,11-12,17,28H,9-10,13H2,1-6H3,(H,25,26). The molecular weight excluding hydrogens is 406 g/mol. The molecule has 0 aliphatic carbocycles. The number of hydrogen-bond acceptors (Lipinski definition) is 6. The monoisotopic (exact) mass is 437 g/mol. The molecule has 0 bridgehead atoms. The Balaban J connectivity index is 1.49. The van der Waals surface area contributed by atoms with E-state index in [1.54, 1.807) is 11.3 Å². The Morgan fingerprint density at radius 1 is 1.13 bits per heavy atom. The van der Waals surface area contributed by atoms with Crippen molar-refractivity contribution in [3.05, 3.63) is 35.8 Å². The summed E-state index contributed by atoms with van der Waals surface area (Å²) in [5.41, 5.74) is 5.83. The lowest BCUT2D eigenvalue weighted by atomic mass is 9.79. The lowest BCUT2D eigenvalue weighted by Gasteiger charge is -2.48. The number of nitrogens with zero attached hydrogens (tertiary/aromatic N) is 3. The summed E-state index contributed by atoms with van der Waals surface area (Å²) in [5, 5.41) is 11.8. The predicted molar refractivity (Wildman–Crippen MR) is 127 cm³/mol. The van der Waals surface area contributed by atoms with Gasteiger partial charge in [0.1, 0.15) is 12.4 Å². The van der Waals surface area contributed by atoms with Crippen molar-refractivity contribution in [3.8, 4) is 27.3 Å². The van der Waals surface area contributed by atoms with E-state index in [1.165, 1.54) is 16.0 Å². The van der Waals surface area contributed by atoms with Gasteiger partial charge in [-0.05, 0) is 64.7 Å². The second kappa shape index (κ2) is 7.07. The zero-order valence-electron chi connectivity index (χ0n) is 19.2. The normalized spacial score (nSPS) is 19.4. The van der Waals surface area contributed by atoms with Crippen molar-refractivity contribution in [2.45, 2.75) is 71.2 Å². The second-order valence-electron chi connectivity index (χ2n) is 10.3. The average Bonchev–Trinajstić information content (AvgIpc) is 3.34. The third kappa shape index (κ3) is 3.74. The molecule has 2 aromatic heterocycles. The number of piperidine rings is 1. The van der Waals surface area contributed by atoms with E-state index < -0.39 is 0 Å². The van der Waals surface area contributed by atoms with Gasteiger partial charge in [0, 0.05) is 41.5 Å². The van der Waals surface area contributed by atoms with Crippen LogP contribution in [-0.4, -0.2) is 39.3 Å². The van der Waals surface area contributed by atoms with Crippen molar-refractivity contribution in [3.63, 3.8) is 0 Å². The number of rotatable bonds is 3. The summed E-state index contributed by atoms with van der Waals surface area (Å²) in [7, 11) is 2.20. The van der Waals surface area contributed by atoms with E-state index in [0.29, 0.717) is 12.6 Å². The molecule has 2 N–H and O–H groups in total. The van der Waals surface area contributed by atoms with Gasteiger partial charge in [0.05, 0.1) is 16.8 Å². The number of aryl methyl sites for hydroxylation is 1. The first kappa shape index (κ1) is 20.5. The summed E-state index contributed by atoms with van der Waals surface area (Å²) < 4.78 is 6.16. The molecule has 164 valence electrons. The summed E-state index contributed by atoms with van der Waals surface area (Å²) in [6, 6.07) is 4.78. The van der Waals surface area contributed by atoms with E-state index >= 15 is 0 Å². The number of thiazole rings is 1. The highest BCUT2D eigenvalue weighted by atomic mass is 32.1. The molecule has 0 atom stereocenters. The van der Waals surface area contributed by atoms with Crippen molar-refractivity contribution in [2.24, 2.45) is 0 Å². The Morgan fingerprint density at radius 2 is 1.87 bits per heavy atom. The SMILES string of the molecule is Cc1cc(-c2cn[nH]c2)cc2c1-c1sc(N(C)C3CC(C)(C)NC(C)(C)C3)nc1CO2. The van der Waals surface area contributed by atoms with E-state index in [0.717, 1.165) is 40.5 Å². The average molecular weight is 438 g/mol. The van der Waals surface area contributed by atoms with Crippen LogP contribution in [0.25, 0.3) is 21.6 Å². The van der Waals surface area contributed by atoms with Crippen LogP contribution < -0.4 is 15.0 Å². The molecule has 31 heavy (non-hydrogen) atoms. The molecular formula is C24H31N5OS. The molecule has 6 nitrogen and oxygen atoms in total. The molecule has 4 heterocycles.